The van der Waals surface area contributed by atoms with E-state index in [4.69, 9.17) is 4.74 Å². The molecule has 1 aliphatic rings. The lowest BCUT2D eigenvalue weighted by atomic mass is 9.89. The number of anilines is 1. The maximum atomic E-state index is 13.6. The van der Waals surface area contributed by atoms with Crippen molar-refractivity contribution >= 4 is 28.2 Å². The van der Waals surface area contributed by atoms with Gasteiger partial charge in [-0.2, -0.15) is 0 Å². The number of Topliss-reactive ketones (excluding diaryl/α,β-unsaturated/α-hetero) is 1. The molecule has 3 aromatic heterocycles. The lowest BCUT2D eigenvalue weighted by molar-refractivity contribution is 0.0969. The van der Waals surface area contributed by atoms with Gasteiger partial charge >= 0.3 is 0 Å². The van der Waals surface area contributed by atoms with Crippen LogP contribution in [0.25, 0.3) is 10.8 Å². The van der Waals surface area contributed by atoms with E-state index in [1.54, 1.807) is 43.2 Å². The number of hydrogen-bond donors (Lipinski definition) is 1. The first-order valence-electron chi connectivity index (χ1n) is 12.5. The molecule has 0 fully saturated rings. The topological polar surface area (TPSA) is 99.0 Å². The SMILES string of the molecule is O=C1CCCc2c1ccc(OC(Cn1ccnc1)c1cccnc1)c2NC(=O)c1nccc2ccccc12. The van der Waals surface area contributed by atoms with Crippen LogP contribution in [-0.4, -0.2) is 31.2 Å². The number of imidazole rings is 1. The number of hydrogen-bond acceptors (Lipinski definition) is 6. The number of fused-ring (bicyclic) bond motifs is 2. The molecule has 0 saturated carbocycles. The molecule has 0 bridgehead atoms. The molecule has 0 spiro atoms. The van der Waals surface area contributed by atoms with Gasteiger partial charge in [0, 0.05) is 53.9 Å². The number of aromatic nitrogens is 4. The molecule has 0 radical (unpaired) electrons. The van der Waals surface area contributed by atoms with E-state index in [1.165, 1.54) is 0 Å². The summed E-state index contributed by atoms with van der Waals surface area (Å²) >= 11 is 0. The fourth-order valence-electron chi connectivity index (χ4n) is 4.93. The Kier molecular flexibility index (Phi) is 6.35. The highest BCUT2D eigenvalue weighted by Gasteiger charge is 2.26. The number of carbonyl (C=O) groups excluding carboxylic acids is 2. The number of benzene rings is 2. The maximum Gasteiger partial charge on any atom is 0.275 e. The Balaban J connectivity index is 1.41. The molecule has 1 unspecified atom stereocenters. The summed E-state index contributed by atoms with van der Waals surface area (Å²) in [5.74, 6) is 0.199. The lowest BCUT2D eigenvalue weighted by Gasteiger charge is -2.25. The highest BCUT2D eigenvalue weighted by atomic mass is 16.5. The van der Waals surface area contributed by atoms with Gasteiger partial charge in [-0.05, 0) is 48.1 Å². The van der Waals surface area contributed by atoms with Gasteiger partial charge in [-0.15, -0.1) is 0 Å². The lowest BCUT2D eigenvalue weighted by Crippen LogP contribution is -2.21. The van der Waals surface area contributed by atoms with E-state index in [2.05, 4.69) is 20.3 Å². The first-order valence-corrected chi connectivity index (χ1v) is 12.5. The number of ether oxygens (including phenoxy) is 1. The maximum absolute atomic E-state index is 13.6. The second kappa shape index (κ2) is 10.3. The number of carbonyl (C=O) groups is 2. The van der Waals surface area contributed by atoms with Crippen LogP contribution in [0.1, 0.15) is 50.9 Å². The number of ketones is 1. The Morgan fingerprint density at radius 2 is 1.92 bits per heavy atom. The molecule has 5 aromatic rings. The first kappa shape index (κ1) is 23.5. The number of pyridine rings is 2. The van der Waals surface area contributed by atoms with Crippen molar-refractivity contribution in [2.75, 3.05) is 5.32 Å². The highest BCUT2D eigenvalue weighted by Crippen LogP contribution is 2.38. The quantitative estimate of drug-likeness (QED) is 0.319. The number of nitrogens with zero attached hydrogens (tertiary/aromatic N) is 4. The molecule has 8 heteroatoms. The van der Waals surface area contributed by atoms with Crippen LogP contribution in [0.4, 0.5) is 5.69 Å². The third kappa shape index (κ3) is 4.64. The average molecular weight is 504 g/mol. The second-order valence-corrected chi connectivity index (χ2v) is 9.23. The van der Waals surface area contributed by atoms with Gasteiger partial charge in [0.05, 0.1) is 18.6 Å². The number of amides is 1. The monoisotopic (exact) mass is 503 g/mol. The van der Waals surface area contributed by atoms with Crippen molar-refractivity contribution in [2.24, 2.45) is 0 Å². The first-order chi connectivity index (χ1) is 18.7. The zero-order valence-electron chi connectivity index (χ0n) is 20.6. The minimum Gasteiger partial charge on any atom is -0.482 e. The third-order valence-electron chi connectivity index (χ3n) is 6.79. The standard InChI is InChI=1S/C30H25N5O3/c36-25-9-3-8-24-23(25)10-11-26(38-27(18-35-16-15-32-19-35)21-6-4-13-31-17-21)28(24)34-30(37)29-22-7-2-1-5-20(22)12-14-33-29/h1-2,4-7,10-17,19,27H,3,8-9,18H2,(H,34,37). The van der Waals surface area contributed by atoms with E-state index in [1.807, 2.05) is 53.2 Å². The molecule has 2 aromatic carbocycles. The summed E-state index contributed by atoms with van der Waals surface area (Å²) in [6.45, 7) is 0.486. The summed E-state index contributed by atoms with van der Waals surface area (Å²) < 4.78 is 8.52. The molecule has 1 aliphatic carbocycles. The van der Waals surface area contributed by atoms with E-state index in [-0.39, 0.29) is 11.7 Å². The highest BCUT2D eigenvalue weighted by molar-refractivity contribution is 6.13. The van der Waals surface area contributed by atoms with Gasteiger partial charge in [-0.25, -0.2) is 4.98 Å². The molecular formula is C30H25N5O3. The van der Waals surface area contributed by atoms with Crippen LogP contribution in [0.15, 0.2) is 91.9 Å². The molecule has 1 amide bonds. The Labute approximate surface area is 219 Å². The molecule has 1 atom stereocenters. The van der Waals surface area contributed by atoms with Crippen molar-refractivity contribution in [1.82, 2.24) is 19.5 Å². The zero-order chi connectivity index (χ0) is 25.9. The van der Waals surface area contributed by atoms with Crippen molar-refractivity contribution in [2.45, 2.75) is 31.9 Å². The Hall–Kier alpha value is -4.85. The van der Waals surface area contributed by atoms with Gasteiger partial charge in [0.1, 0.15) is 17.5 Å². The summed E-state index contributed by atoms with van der Waals surface area (Å²) in [5.41, 5.74) is 3.12. The van der Waals surface area contributed by atoms with Crippen LogP contribution in [-0.2, 0) is 13.0 Å². The fraction of sp³-hybridized carbons (Fsp3) is 0.167. The molecule has 3 heterocycles. The number of rotatable bonds is 7. The van der Waals surface area contributed by atoms with Gasteiger partial charge in [-0.1, -0.05) is 30.3 Å². The van der Waals surface area contributed by atoms with Gasteiger partial charge in [0.2, 0.25) is 0 Å². The Bertz CT molecular complexity index is 1610. The van der Waals surface area contributed by atoms with Crippen molar-refractivity contribution in [1.29, 1.82) is 0 Å². The zero-order valence-corrected chi connectivity index (χ0v) is 20.6. The minimum absolute atomic E-state index is 0.0683. The van der Waals surface area contributed by atoms with Crippen LogP contribution < -0.4 is 10.1 Å². The van der Waals surface area contributed by atoms with Gasteiger partial charge in [0.15, 0.2) is 5.78 Å². The van der Waals surface area contributed by atoms with Gasteiger partial charge in [-0.3, -0.25) is 19.6 Å². The van der Waals surface area contributed by atoms with E-state index < -0.39 is 6.10 Å². The van der Waals surface area contributed by atoms with Gasteiger partial charge < -0.3 is 14.6 Å². The van der Waals surface area contributed by atoms with Gasteiger partial charge in [0.25, 0.3) is 5.91 Å². The van der Waals surface area contributed by atoms with E-state index in [0.717, 1.165) is 21.9 Å². The van der Waals surface area contributed by atoms with Crippen LogP contribution in [0, 0.1) is 0 Å². The molecular weight excluding hydrogens is 478 g/mol. The van der Waals surface area contributed by atoms with Crippen LogP contribution in [0.3, 0.4) is 0 Å². The van der Waals surface area contributed by atoms with Crippen molar-refractivity contribution in [3.8, 4) is 5.75 Å². The fourth-order valence-corrected chi connectivity index (χ4v) is 4.93. The third-order valence-corrected chi connectivity index (χ3v) is 6.79. The summed E-state index contributed by atoms with van der Waals surface area (Å²) in [6, 6.07) is 16.9. The summed E-state index contributed by atoms with van der Waals surface area (Å²) in [5, 5.41) is 4.75. The van der Waals surface area contributed by atoms with Crippen molar-refractivity contribution in [3.63, 3.8) is 0 Å². The van der Waals surface area contributed by atoms with Crippen molar-refractivity contribution in [3.05, 3.63) is 114 Å². The summed E-state index contributed by atoms with van der Waals surface area (Å²) in [6.07, 6.45) is 11.9. The Morgan fingerprint density at radius 1 is 1.00 bits per heavy atom. The predicted octanol–water partition coefficient (Wildman–Crippen LogP) is 5.42. The average Bonchev–Trinajstić information content (AvgIpc) is 3.47. The molecule has 1 N–H and O–H groups in total. The molecule has 188 valence electrons. The second-order valence-electron chi connectivity index (χ2n) is 9.23. The normalized spacial score (nSPS) is 13.6. The van der Waals surface area contributed by atoms with E-state index in [9.17, 15) is 9.59 Å². The minimum atomic E-state index is -0.415. The van der Waals surface area contributed by atoms with Crippen molar-refractivity contribution < 1.29 is 14.3 Å². The Morgan fingerprint density at radius 3 is 2.76 bits per heavy atom. The largest absolute Gasteiger partial charge is 0.482 e. The van der Waals surface area contributed by atoms with E-state index >= 15 is 0 Å². The number of nitrogens with one attached hydrogen (secondary N) is 1. The van der Waals surface area contributed by atoms with E-state index in [0.29, 0.717) is 48.5 Å². The summed E-state index contributed by atoms with van der Waals surface area (Å²) in [7, 11) is 0. The molecule has 0 saturated heterocycles. The predicted molar refractivity (Wildman–Crippen MR) is 143 cm³/mol. The summed E-state index contributed by atoms with van der Waals surface area (Å²) in [4.78, 5) is 39.2. The molecule has 6 rings (SSSR count). The van der Waals surface area contributed by atoms with Crippen LogP contribution in [0.5, 0.6) is 5.75 Å². The molecule has 38 heavy (non-hydrogen) atoms. The smallest absolute Gasteiger partial charge is 0.275 e. The molecule has 8 nitrogen and oxygen atoms in total. The van der Waals surface area contributed by atoms with Crippen LogP contribution >= 0.6 is 0 Å². The van der Waals surface area contributed by atoms with Crippen LogP contribution in [0.2, 0.25) is 0 Å². The molecule has 0 aliphatic heterocycles.